The van der Waals surface area contributed by atoms with Crippen LogP contribution in [0.1, 0.15) is 71.8 Å². The molecule has 0 spiro atoms. The Kier molecular flexibility index (Phi) is 4.78. The SMILES string of the molecule is CC.CCC(C)(C)C1CCC2Nc3ccccc3C2C1. The monoisotopic (exact) mass is 273 g/mol. The van der Waals surface area contributed by atoms with Crippen molar-refractivity contribution in [3.63, 3.8) is 0 Å². The van der Waals surface area contributed by atoms with Crippen molar-refractivity contribution in [3.05, 3.63) is 29.8 Å². The van der Waals surface area contributed by atoms with E-state index >= 15 is 0 Å². The maximum atomic E-state index is 3.73. The van der Waals surface area contributed by atoms with Gasteiger partial charge in [-0.25, -0.2) is 0 Å². The van der Waals surface area contributed by atoms with Gasteiger partial charge in [-0.15, -0.1) is 0 Å². The first-order valence-corrected chi connectivity index (χ1v) is 8.47. The summed E-state index contributed by atoms with van der Waals surface area (Å²) in [6.45, 7) is 11.2. The molecular formula is C19H31N. The van der Waals surface area contributed by atoms with Gasteiger partial charge < -0.3 is 5.32 Å². The molecule has 3 atom stereocenters. The fourth-order valence-electron chi connectivity index (χ4n) is 3.84. The molecule has 0 saturated heterocycles. The Hall–Kier alpha value is -0.980. The molecule has 0 aromatic heterocycles. The van der Waals surface area contributed by atoms with Gasteiger partial charge in [-0.3, -0.25) is 0 Å². The van der Waals surface area contributed by atoms with E-state index in [0.717, 1.165) is 11.8 Å². The summed E-state index contributed by atoms with van der Waals surface area (Å²) in [6, 6.07) is 9.61. The summed E-state index contributed by atoms with van der Waals surface area (Å²) < 4.78 is 0. The fraction of sp³-hybridized carbons (Fsp3) is 0.684. The maximum Gasteiger partial charge on any atom is 0.0378 e. The van der Waals surface area contributed by atoms with Crippen molar-refractivity contribution in [2.75, 3.05) is 5.32 Å². The Balaban J connectivity index is 0.000000704. The zero-order chi connectivity index (χ0) is 14.8. The summed E-state index contributed by atoms with van der Waals surface area (Å²) in [5.74, 6) is 1.64. The summed E-state index contributed by atoms with van der Waals surface area (Å²) in [5, 5.41) is 3.73. The summed E-state index contributed by atoms with van der Waals surface area (Å²) >= 11 is 0. The second-order valence-corrected chi connectivity index (χ2v) is 6.80. The molecule has 0 bridgehead atoms. The van der Waals surface area contributed by atoms with E-state index in [1.54, 1.807) is 5.56 Å². The zero-order valence-corrected chi connectivity index (χ0v) is 13.9. The molecule has 2 aliphatic rings. The van der Waals surface area contributed by atoms with E-state index < -0.39 is 0 Å². The highest BCUT2D eigenvalue weighted by Gasteiger charge is 2.41. The Morgan fingerprint density at radius 1 is 1.15 bits per heavy atom. The molecule has 112 valence electrons. The molecule has 1 nitrogen and oxygen atoms in total. The molecule has 3 rings (SSSR count). The maximum absolute atomic E-state index is 3.73. The third-order valence-electron chi connectivity index (χ3n) is 5.57. The van der Waals surface area contributed by atoms with Gasteiger partial charge in [-0.2, -0.15) is 0 Å². The van der Waals surface area contributed by atoms with Gasteiger partial charge in [0.25, 0.3) is 0 Å². The van der Waals surface area contributed by atoms with Gasteiger partial charge in [0.1, 0.15) is 0 Å². The van der Waals surface area contributed by atoms with Gasteiger partial charge in [-0.05, 0) is 42.2 Å². The van der Waals surface area contributed by atoms with Crippen LogP contribution < -0.4 is 5.32 Å². The Labute approximate surface area is 125 Å². The largest absolute Gasteiger partial charge is 0.381 e. The lowest BCUT2D eigenvalue weighted by Gasteiger charge is -2.41. The molecule has 1 N–H and O–H groups in total. The van der Waals surface area contributed by atoms with Crippen LogP contribution in [-0.4, -0.2) is 6.04 Å². The highest BCUT2D eigenvalue weighted by atomic mass is 15.0. The van der Waals surface area contributed by atoms with E-state index in [2.05, 4.69) is 50.4 Å². The van der Waals surface area contributed by atoms with Crippen LogP contribution >= 0.6 is 0 Å². The van der Waals surface area contributed by atoms with Gasteiger partial charge in [0.15, 0.2) is 0 Å². The first-order valence-electron chi connectivity index (χ1n) is 8.47. The van der Waals surface area contributed by atoms with E-state index in [1.165, 1.54) is 31.4 Å². The summed E-state index contributed by atoms with van der Waals surface area (Å²) in [4.78, 5) is 0. The number of para-hydroxylation sites is 1. The standard InChI is InChI=1S/C17H25N.C2H6/c1-4-17(2,3)12-9-10-16-14(11-12)13-7-5-6-8-15(13)18-16;1-2/h5-8,12,14,16,18H,4,9-11H2,1-3H3;1-2H3. The van der Waals surface area contributed by atoms with Crippen molar-refractivity contribution in [2.45, 2.75) is 72.3 Å². The molecule has 1 aliphatic heterocycles. The Morgan fingerprint density at radius 3 is 2.55 bits per heavy atom. The fourth-order valence-corrected chi connectivity index (χ4v) is 3.84. The molecule has 1 heterocycles. The number of benzene rings is 1. The molecule has 3 unspecified atom stereocenters. The van der Waals surface area contributed by atoms with Crippen LogP contribution in [0.4, 0.5) is 5.69 Å². The van der Waals surface area contributed by atoms with Gasteiger partial charge in [0.2, 0.25) is 0 Å². The average molecular weight is 273 g/mol. The van der Waals surface area contributed by atoms with Crippen LogP contribution in [0.2, 0.25) is 0 Å². The highest BCUT2D eigenvalue weighted by molar-refractivity contribution is 5.59. The van der Waals surface area contributed by atoms with Crippen molar-refractivity contribution in [2.24, 2.45) is 11.3 Å². The average Bonchev–Trinajstić information content (AvgIpc) is 2.87. The third kappa shape index (κ3) is 2.73. The summed E-state index contributed by atoms with van der Waals surface area (Å²) in [7, 11) is 0. The number of nitrogens with one attached hydrogen (secondary N) is 1. The molecule has 1 saturated carbocycles. The molecular weight excluding hydrogens is 242 g/mol. The van der Waals surface area contributed by atoms with E-state index in [4.69, 9.17) is 0 Å². The summed E-state index contributed by atoms with van der Waals surface area (Å²) in [6.07, 6.45) is 5.40. The van der Waals surface area contributed by atoms with Crippen LogP contribution in [0.25, 0.3) is 0 Å². The molecule has 20 heavy (non-hydrogen) atoms. The smallest absolute Gasteiger partial charge is 0.0378 e. The number of hydrogen-bond donors (Lipinski definition) is 1. The number of rotatable bonds is 2. The van der Waals surface area contributed by atoms with Crippen LogP contribution in [-0.2, 0) is 0 Å². The molecule has 1 fully saturated rings. The first-order chi connectivity index (χ1) is 9.62. The number of hydrogen-bond acceptors (Lipinski definition) is 1. The van der Waals surface area contributed by atoms with E-state index in [-0.39, 0.29) is 0 Å². The van der Waals surface area contributed by atoms with E-state index in [0.29, 0.717) is 11.5 Å². The second kappa shape index (κ2) is 6.20. The Morgan fingerprint density at radius 2 is 1.85 bits per heavy atom. The van der Waals surface area contributed by atoms with Crippen molar-refractivity contribution >= 4 is 5.69 Å². The summed E-state index contributed by atoms with van der Waals surface area (Å²) in [5.41, 5.74) is 3.46. The molecule has 0 amide bonds. The van der Waals surface area contributed by atoms with Crippen molar-refractivity contribution in [3.8, 4) is 0 Å². The molecule has 0 radical (unpaired) electrons. The molecule has 1 aromatic carbocycles. The molecule has 1 aliphatic carbocycles. The minimum Gasteiger partial charge on any atom is -0.381 e. The minimum absolute atomic E-state index is 0.502. The first kappa shape index (κ1) is 15.4. The minimum atomic E-state index is 0.502. The third-order valence-corrected chi connectivity index (χ3v) is 5.57. The lowest BCUT2D eigenvalue weighted by Crippen LogP contribution is -2.34. The molecule has 1 aromatic rings. The lowest BCUT2D eigenvalue weighted by atomic mass is 9.65. The highest BCUT2D eigenvalue weighted by Crippen LogP contribution is 2.50. The van der Waals surface area contributed by atoms with Gasteiger partial charge in [0.05, 0.1) is 0 Å². The topological polar surface area (TPSA) is 12.0 Å². The lowest BCUT2D eigenvalue weighted by molar-refractivity contribution is 0.138. The second-order valence-electron chi connectivity index (χ2n) is 6.80. The number of fused-ring (bicyclic) bond motifs is 3. The predicted molar refractivity (Wildman–Crippen MR) is 89.4 cm³/mol. The predicted octanol–water partition coefficient (Wildman–Crippen LogP) is 5.83. The van der Waals surface area contributed by atoms with Crippen LogP contribution in [0.5, 0.6) is 0 Å². The number of anilines is 1. The van der Waals surface area contributed by atoms with Crippen LogP contribution in [0, 0.1) is 11.3 Å². The van der Waals surface area contributed by atoms with E-state index in [9.17, 15) is 0 Å². The van der Waals surface area contributed by atoms with Gasteiger partial charge in [-0.1, -0.05) is 59.2 Å². The normalized spacial score (nSPS) is 27.8. The van der Waals surface area contributed by atoms with E-state index in [1.807, 2.05) is 13.8 Å². The van der Waals surface area contributed by atoms with Crippen molar-refractivity contribution in [1.82, 2.24) is 0 Å². The van der Waals surface area contributed by atoms with Gasteiger partial charge >= 0.3 is 0 Å². The molecule has 1 heteroatoms. The van der Waals surface area contributed by atoms with Crippen LogP contribution in [0.15, 0.2) is 24.3 Å². The van der Waals surface area contributed by atoms with Crippen molar-refractivity contribution < 1.29 is 0 Å². The van der Waals surface area contributed by atoms with Crippen molar-refractivity contribution in [1.29, 1.82) is 0 Å². The Bertz CT molecular complexity index is 435. The van der Waals surface area contributed by atoms with Gasteiger partial charge in [0, 0.05) is 17.6 Å². The quantitative estimate of drug-likeness (QED) is 0.715. The zero-order valence-electron chi connectivity index (χ0n) is 13.9. The van der Waals surface area contributed by atoms with Crippen LogP contribution in [0.3, 0.4) is 0 Å².